The van der Waals surface area contributed by atoms with Crippen LogP contribution in [0.4, 0.5) is 10.5 Å². The number of ether oxygens (including phenoxy) is 2. The Hall–Kier alpha value is -2.77. The highest BCUT2D eigenvalue weighted by atomic mass is 16.5. The molecule has 0 aromatic heterocycles. The maximum atomic E-state index is 13.2. The van der Waals surface area contributed by atoms with Crippen LogP contribution < -0.4 is 15.4 Å². The summed E-state index contributed by atoms with van der Waals surface area (Å²) in [5.41, 5.74) is 0.521. The number of esters is 1. The molecule has 8 heteroatoms. The Morgan fingerprint density at radius 1 is 1.23 bits per heavy atom. The molecule has 2 N–H and O–H groups in total. The lowest BCUT2D eigenvalue weighted by Gasteiger charge is -2.35. The van der Waals surface area contributed by atoms with Gasteiger partial charge < -0.3 is 25.0 Å². The quantitative estimate of drug-likeness (QED) is 0.632. The first-order valence-electron chi connectivity index (χ1n) is 10.6. The minimum atomic E-state index is -0.689. The molecule has 1 aliphatic rings. The third-order valence-electron chi connectivity index (χ3n) is 5.47. The summed E-state index contributed by atoms with van der Waals surface area (Å²) in [4.78, 5) is 39.7. The summed E-state index contributed by atoms with van der Waals surface area (Å²) in [5.74, 6) is -0.288. The molecule has 0 saturated carbocycles. The van der Waals surface area contributed by atoms with Crippen molar-refractivity contribution in [1.82, 2.24) is 10.2 Å². The zero-order chi connectivity index (χ0) is 22.1. The van der Waals surface area contributed by atoms with Crippen molar-refractivity contribution in [3.63, 3.8) is 0 Å². The van der Waals surface area contributed by atoms with Gasteiger partial charge in [-0.25, -0.2) is 4.79 Å². The van der Waals surface area contributed by atoms with Crippen LogP contribution in [0, 0.1) is 11.8 Å². The normalized spacial score (nSPS) is 18.1. The van der Waals surface area contributed by atoms with Crippen LogP contribution in [0.5, 0.6) is 5.75 Å². The molecule has 0 bridgehead atoms. The number of benzene rings is 1. The Bertz CT molecular complexity index is 739. The van der Waals surface area contributed by atoms with Gasteiger partial charge in [-0.15, -0.1) is 0 Å². The fourth-order valence-corrected chi connectivity index (χ4v) is 3.56. The number of piperidine rings is 1. The molecule has 3 unspecified atom stereocenters. The van der Waals surface area contributed by atoms with Gasteiger partial charge in [-0.3, -0.25) is 9.59 Å². The van der Waals surface area contributed by atoms with Crippen LogP contribution in [0.15, 0.2) is 24.3 Å². The molecular formula is C22H33N3O5. The van der Waals surface area contributed by atoms with Gasteiger partial charge >= 0.3 is 12.0 Å². The number of carbonyl (C=O) groups excluding carboxylic acids is 3. The SMILES string of the molecule is CCOC(=O)C1CCCN(C(=O)C(NC(=O)Nc2ccccc2OC)C(C)CC)C1. The van der Waals surface area contributed by atoms with Crippen molar-refractivity contribution in [3.8, 4) is 5.75 Å². The van der Waals surface area contributed by atoms with Gasteiger partial charge in [-0.2, -0.15) is 0 Å². The molecule has 1 heterocycles. The van der Waals surface area contributed by atoms with Gasteiger partial charge in [0.25, 0.3) is 0 Å². The highest BCUT2D eigenvalue weighted by Crippen LogP contribution is 2.24. The van der Waals surface area contributed by atoms with Crippen LogP contribution in [0.2, 0.25) is 0 Å². The van der Waals surface area contributed by atoms with Crippen molar-refractivity contribution < 1.29 is 23.9 Å². The maximum Gasteiger partial charge on any atom is 0.320 e. The molecule has 3 amide bonds. The first kappa shape index (κ1) is 23.5. The minimum absolute atomic E-state index is 0.0658. The van der Waals surface area contributed by atoms with E-state index in [2.05, 4.69) is 10.6 Å². The molecule has 3 atom stereocenters. The average Bonchev–Trinajstić information content (AvgIpc) is 2.77. The maximum absolute atomic E-state index is 13.2. The number of para-hydroxylation sites is 2. The van der Waals surface area contributed by atoms with E-state index in [9.17, 15) is 14.4 Å². The number of methoxy groups -OCH3 is 1. The van der Waals surface area contributed by atoms with E-state index >= 15 is 0 Å². The minimum Gasteiger partial charge on any atom is -0.495 e. The molecule has 1 aromatic rings. The number of urea groups is 1. The lowest BCUT2D eigenvalue weighted by atomic mass is 9.94. The van der Waals surface area contributed by atoms with E-state index < -0.39 is 12.1 Å². The first-order chi connectivity index (χ1) is 14.4. The molecule has 0 aliphatic carbocycles. The van der Waals surface area contributed by atoms with Crippen LogP contribution in [0.1, 0.15) is 40.0 Å². The zero-order valence-electron chi connectivity index (χ0n) is 18.3. The number of nitrogens with zero attached hydrogens (tertiary/aromatic N) is 1. The van der Waals surface area contributed by atoms with Gasteiger partial charge in [0.05, 0.1) is 25.3 Å². The van der Waals surface area contributed by atoms with Crippen LogP contribution in [0.25, 0.3) is 0 Å². The summed E-state index contributed by atoms with van der Waals surface area (Å²) < 4.78 is 10.4. The molecule has 2 rings (SSSR count). The van der Waals surface area contributed by atoms with Crippen molar-refractivity contribution in [1.29, 1.82) is 0 Å². The molecule has 166 valence electrons. The van der Waals surface area contributed by atoms with Gasteiger partial charge in [-0.05, 0) is 37.8 Å². The van der Waals surface area contributed by atoms with Gasteiger partial charge in [0.15, 0.2) is 0 Å². The molecule has 30 heavy (non-hydrogen) atoms. The van der Waals surface area contributed by atoms with Crippen LogP contribution in [-0.2, 0) is 14.3 Å². The summed E-state index contributed by atoms with van der Waals surface area (Å²) in [7, 11) is 1.53. The van der Waals surface area contributed by atoms with E-state index in [-0.39, 0.29) is 23.7 Å². The lowest BCUT2D eigenvalue weighted by Crippen LogP contribution is -2.55. The molecule has 8 nitrogen and oxygen atoms in total. The Labute approximate surface area is 178 Å². The molecule has 1 aromatic carbocycles. The third-order valence-corrected chi connectivity index (χ3v) is 5.47. The lowest BCUT2D eigenvalue weighted by molar-refractivity contribution is -0.151. The topological polar surface area (TPSA) is 97.0 Å². The average molecular weight is 420 g/mol. The van der Waals surface area contributed by atoms with Crippen LogP contribution >= 0.6 is 0 Å². The molecule has 0 radical (unpaired) electrons. The Kier molecular flexibility index (Phi) is 8.95. The second-order valence-corrected chi connectivity index (χ2v) is 7.54. The summed E-state index contributed by atoms with van der Waals surface area (Å²) in [6.07, 6.45) is 2.16. The largest absolute Gasteiger partial charge is 0.495 e. The standard InChI is InChI=1S/C22H33N3O5/c1-5-15(3)19(24-22(28)23-17-11-7-8-12-18(17)29-4)20(26)25-13-9-10-16(14-25)21(27)30-6-2/h7-8,11-12,15-16,19H,5-6,9-10,13-14H2,1-4H3,(H2,23,24,28). The molecule has 0 spiro atoms. The van der Waals surface area contributed by atoms with E-state index in [0.717, 1.165) is 12.8 Å². The number of hydrogen-bond donors (Lipinski definition) is 2. The highest BCUT2D eigenvalue weighted by molar-refractivity contribution is 5.95. The number of hydrogen-bond acceptors (Lipinski definition) is 5. The number of rotatable bonds is 8. The van der Waals surface area contributed by atoms with Gasteiger partial charge in [-0.1, -0.05) is 32.4 Å². The fourth-order valence-electron chi connectivity index (χ4n) is 3.56. The van der Waals surface area contributed by atoms with E-state index in [1.807, 2.05) is 19.9 Å². The first-order valence-corrected chi connectivity index (χ1v) is 10.6. The number of nitrogens with one attached hydrogen (secondary N) is 2. The zero-order valence-corrected chi connectivity index (χ0v) is 18.3. The predicted octanol–water partition coefficient (Wildman–Crippen LogP) is 3.03. The third kappa shape index (κ3) is 6.11. The molecular weight excluding hydrogens is 386 g/mol. The van der Waals surface area contributed by atoms with E-state index in [1.54, 1.807) is 30.0 Å². The van der Waals surface area contributed by atoms with Gasteiger partial charge in [0.2, 0.25) is 5.91 Å². The van der Waals surface area contributed by atoms with Crippen molar-refractivity contribution in [2.24, 2.45) is 11.8 Å². The smallest absolute Gasteiger partial charge is 0.320 e. The van der Waals surface area contributed by atoms with Crippen LogP contribution in [-0.4, -0.2) is 55.7 Å². The molecule has 1 saturated heterocycles. The van der Waals surface area contributed by atoms with E-state index in [1.165, 1.54) is 7.11 Å². The number of likely N-dealkylation sites (tertiary alicyclic amines) is 1. The fraction of sp³-hybridized carbons (Fsp3) is 0.591. The van der Waals surface area contributed by atoms with Gasteiger partial charge in [0.1, 0.15) is 11.8 Å². The van der Waals surface area contributed by atoms with Crippen molar-refractivity contribution in [2.45, 2.75) is 46.1 Å². The molecule has 1 aliphatic heterocycles. The monoisotopic (exact) mass is 419 g/mol. The second kappa shape index (κ2) is 11.4. The van der Waals surface area contributed by atoms with Gasteiger partial charge in [0, 0.05) is 13.1 Å². The summed E-state index contributed by atoms with van der Waals surface area (Å²) in [6.45, 7) is 6.88. The molecule has 1 fully saturated rings. The predicted molar refractivity (Wildman–Crippen MR) is 114 cm³/mol. The van der Waals surface area contributed by atoms with Crippen molar-refractivity contribution in [3.05, 3.63) is 24.3 Å². The van der Waals surface area contributed by atoms with Crippen molar-refractivity contribution in [2.75, 3.05) is 32.1 Å². The second-order valence-electron chi connectivity index (χ2n) is 7.54. The van der Waals surface area contributed by atoms with Crippen molar-refractivity contribution >= 4 is 23.6 Å². The summed E-state index contributed by atoms with van der Waals surface area (Å²) in [6, 6.07) is 5.91. The Morgan fingerprint density at radius 2 is 1.97 bits per heavy atom. The number of carbonyl (C=O) groups is 3. The Balaban J connectivity index is 2.08. The van der Waals surface area contributed by atoms with E-state index in [4.69, 9.17) is 9.47 Å². The number of anilines is 1. The van der Waals surface area contributed by atoms with E-state index in [0.29, 0.717) is 37.6 Å². The summed E-state index contributed by atoms with van der Waals surface area (Å²) >= 11 is 0. The summed E-state index contributed by atoms with van der Waals surface area (Å²) in [5, 5.41) is 5.57. The highest BCUT2D eigenvalue weighted by Gasteiger charge is 2.35. The van der Waals surface area contributed by atoms with Crippen LogP contribution in [0.3, 0.4) is 0 Å². The Morgan fingerprint density at radius 3 is 2.63 bits per heavy atom. The number of amides is 3.